The molecule has 0 amide bonds. The summed E-state index contributed by atoms with van der Waals surface area (Å²) >= 11 is 0. The van der Waals surface area contributed by atoms with Crippen molar-refractivity contribution in [3.63, 3.8) is 0 Å². The predicted molar refractivity (Wildman–Crippen MR) is 94.6 cm³/mol. The number of phosphoric ester groups is 1. The quantitative estimate of drug-likeness (QED) is 0.670. The van der Waals surface area contributed by atoms with Crippen LogP contribution >= 0.6 is 7.82 Å². The first-order valence-electron chi connectivity index (χ1n) is 7.52. The molecule has 0 heterocycles. The van der Waals surface area contributed by atoms with Crippen LogP contribution in [0.2, 0.25) is 0 Å². The highest BCUT2D eigenvalue weighted by Crippen LogP contribution is 2.43. The van der Waals surface area contributed by atoms with E-state index in [4.69, 9.17) is 33.3 Å². The highest BCUT2D eigenvalue weighted by atomic mass is 31.2. The monoisotopic (exact) mass is 384 g/mol. The van der Waals surface area contributed by atoms with Gasteiger partial charge in [0, 0.05) is 0 Å². The second-order valence-electron chi connectivity index (χ2n) is 5.28. The van der Waals surface area contributed by atoms with E-state index in [1.54, 1.807) is 24.3 Å². The number of hydrogen-bond acceptors (Lipinski definition) is 6. The van der Waals surface area contributed by atoms with Crippen molar-refractivity contribution >= 4 is 7.82 Å². The lowest BCUT2D eigenvalue weighted by molar-refractivity contribution is 0.276. The fraction of sp³-hybridized carbons (Fsp3) is 0.294. The van der Waals surface area contributed by atoms with Crippen LogP contribution in [0.3, 0.4) is 0 Å². The summed E-state index contributed by atoms with van der Waals surface area (Å²) in [6.07, 6.45) is 0.443. The van der Waals surface area contributed by atoms with Crippen molar-refractivity contribution in [2.75, 3.05) is 28.4 Å². The van der Waals surface area contributed by atoms with Crippen LogP contribution in [0.1, 0.15) is 11.1 Å². The summed E-state index contributed by atoms with van der Waals surface area (Å²) in [6.45, 7) is 0. The molecule has 0 saturated carbocycles. The first-order chi connectivity index (χ1) is 12.3. The number of rotatable bonds is 8. The van der Waals surface area contributed by atoms with Crippen LogP contribution in [0, 0.1) is 0 Å². The molecule has 0 spiro atoms. The molecular formula is C17H21O8P. The molecule has 0 aliphatic heterocycles. The van der Waals surface area contributed by atoms with Crippen LogP contribution in [0.15, 0.2) is 30.3 Å². The third kappa shape index (κ3) is 4.82. The molecule has 8 nitrogen and oxygen atoms in total. The SMILES string of the molecule is COc1ccc(Cc2cc(OC)c(OC)c(OC)c2)cc1OP(=O)(O)O. The van der Waals surface area contributed by atoms with Crippen LogP contribution in [-0.4, -0.2) is 38.2 Å². The molecule has 0 aliphatic rings. The Morgan fingerprint density at radius 2 is 1.31 bits per heavy atom. The molecule has 0 aromatic heterocycles. The summed E-state index contributed by atoms with van der Waals surface area (Å²) in [5.74, 6) is 1.70. The molecule has 9 heteroatoms. The molecule has 0 atom stereocenters. The summed E-state index contributed by atoms with van der Waals surface area (Å²) in [5, 5.41) is 0. The third-order valence-electron chi connectivity index (χ3n) is 3.58. The molecule has 26 heavy (non-hydrogen) atoms. The van der Waals surface area contributed by atoms with E-state index in [0.29, 0.717) is 23.7 Å². The van der Waals surface area contributed by atoms with Crippen molar-refractivity contribution in [3.05, 3.63) is 41.5 Å². The number of ether oxygens (including phenoxy) is 4. The molecule has 0 aliphatic carbocycles. The van der Waals surface area contributed by atoms with Gasteiger partial charge in [-0.1, -0.05) is 6.07 Å². The second-order valence-corrected chi connectivity index (χ2v) is 6.44. The van der Waals surface area contributed by atoms with E-state index in [1.807, 2.05) is 0 Å². The highest BCUT2D eigenvalue weighted by molar-refractivity contribution is 7.46. The average molecular weight is 384 g/mol. The van der Waals surface area contributed by atoms with Gasteiger partial charge in [0.25, 0.3) is 0 Å². The van der Waals surface area contributed by atoms with E-state index in [0.717, 1.165) is 11.1 Å². The lowest BCUT2D eigenvalue weighted by atomic mass is 10.0. The van der Waals surface area contributed by atoms with Crippen LogP contribution in [0.5, 0.6) is 28.7 Å². The Hall–Kier alpha value is -2.41. The normalized spacial score (nSPS) is 11.0. The van der Waals surface area contributed by atoms with Crippen LogP contribution in [0.25, 0.3) is 0 Å². The standard InChI is InChI=1S/C17H21O8P/c1-21-13-6-5-11(8-14(13)25-26(18,19)20)7-12-9-15(22-2)17(24-4)16(10-12)23-3/h5-6,8-10H,7H2,1-4H3,(H2,18,19,20). The molecular weight excluding hydrogens is 363 g/mol. The maximum absolute atomic E-state index is 11.1. The van der Waals surface area contributed by atoms with Crippen molar-refractivity contribution in [3.8, 4) is 28.7 Å². The summed E-state index contributed by atoms with van der Waals surface area (Å²) in [7, 11) is 1.27. The zero-order valence-electron chi connectivity index (χ0n) is 14.9. The predicted octanol–water partition coefficient (Wildman–Crippen LogP) is 2.78. The Labute approximate surface area is 151 Å². The Morgan fingerprint density at radius 1 is 0.769 bits per heavy atom. The van der Waals surface area contributed by atoms with Crippen molar-refractivity contribution in [2.24, 2.45) is 0 Å². The highest BCUT2D eigenvalue weighted by Gasteiger charge is 2.20. The zero-order chi connectivity index (χ0) is 19.3. The van der Waals surface area contributed by atoms with Crippen LogP contribution in [-0.2, 0) is 11.0 Å². The molecule has 0 bridgehead atoms. The van der Waals surface area contributed by atoms with E-state index in [-0.39, 0.29) is 11.5 Å². The summed E-state index contributed by atoms with van der Waals surface area (Å²) in [4.78, 5) is 18.1. The topological polar surface area (TPSA) is 104 Å². The van der Waals surface area contributed by atoms with Crippen molar-refractivity contribution in [2.45, 2.75) is 6.42 Å². The fourth-order valence-electron chi connectivity index (χ4n) is 2.50. The van der Waals surface area contributed by atoms with Gasteiger partial charge in [0.05, 0.1) is 28.4 Å². The van der Waals surface area contributed by atoms with Gasteiger partial charge in [-0.05, 0) is 41.8 Å². The number of benzene rings is 2. The molecule has 0 unspecified atom stereocenters. The van der Waals surface area contributed by atoms with Crippen LogP contribution < -0.4 is 23.5 Å². The summed E-state index contributed by atoms with van der Waals surface area (Å²) in [6, 6.07) is 8.47. The van der Waals surface area contributed by atoms with Gasteiger partial charge >= 0.3 is 7.82 Å². The summed E-state index contributed by atoms with van der Waals surface area (Å²) in [5.41, 5.74) is 1.61. The molecule has 2 N–H and O–H groups in total. The third-order valence-corrected chi connectivity index (χ3v) is 4.01. The summed E-state index contributed by atoms with van der Waals surface area (Å²) < 4.78 is 36.9. The van der Waals surface area contributed by atoms with Gasteiger partial charge in [-0.15, -0.1) is 0 Å². The molecule has 2 rings (SSSR count). The molecule has 142 valence electrons. The molecule has 0 fully saturated rings. The number of methoxy groups -OCH3 is 4. The van der Waals surface area contributed by atoms with E-state index in [2.05, 4.69) is 0 Å². The van der Waals surface area contributed by atoms with Crippen molar-refractivity contribution in [1.82, 2.24) is 0 Å². The fourth-order valence-corrected chi connectivity index (χ4v) is 2.90. The Bertz CT molecular complexity index is 789. The van der Waals surface area contributed by atoms with Crippen molar-refractivity contribution in [1.29, 1.82) is 0 Å². The minimum Gasteiger partial charge on any atom is -0.493 e. The minimum absolute atomic E-state index is 0.0363. The Kier molecular flexibility index (Phi) is 6.37. The van der Waals surface area contributed by atoms with Gasteiger partial charge in [0.1, 0.15) is 0 Å². The van der Waals surface area contributed by atoms with Gasteiger partial charge in [-0.2, -0.15) is 0 Å². The van der Waals surface area contributed by atoms with Gasteiger partial charge in [0.2, 0.25) is 5.75 Å². The van der Waals surface area contributed by atoms with E-state index in [1.165, 1.54) is 34.5 Å². The average Bonchev–Trinajstić information content (AvgIpc) is 2.59. The van der Waals surface area contributed by atoms with Gasteiger partial charge in [-0.3, -0.25) is 9.79 Å². The molecule has 0 saturated heterocycles. The Balaban J connectivity index is 2.39. The van der Waals surface area contributed by atoms with Gasteiger partial charge in [-0.25, -0.2) is 4.57 Å². The second kappa shape index (κ2) is 8.31. The lowest BCUT2D eigenvalue weighted by Gasteiger charge is -2.15. The first kappa shape index (κ1) is 19.9. The van der Waals surface area contributed by atoms with E-state index >= 15 is 0 Å². The van der Waals surface area contributed by atoms with Gasteiger partial charge < -0.3 is 23.5 Å². The first-order valence-corrected chi connectivity index (χ1v) is 9.05. The minimum atomic E-state index is -4.70. The largest absolute Gasteiger partial charge is 0.524 e. The molecule has 2 aromatic rings. The van der Waals surface area contributed by atoms with E-state index < -0.39 is 7.82 Å². The Morgan fingerprint density at radius 3 is 1.77 bits per heavy atom. The van der Waals surface area contributed by atoms with E-state index in [9.17, 15) is 4.57 Å². The maximum atomic E-state index is 11.1. The number of hydrogen-bond donors (Lipinski definition) is 2. The van der Waals surface area contributed by atoms with Crippen molar-refractivity contribution < 1.29 is 37.8 Å². The zero-order valence-corrected chi connectivity index (χ0v) is 15.8. The maximum Gasteiger partial charge on any atom is 0.524 e. The lowest BCUT2D eigenvalue weighted by Crippen LogP contribution is -1.99. The smallest absolute Gasteiger partial charge is 0.493 e. The molecule has 2 aromatic carbocycles. The molecule has 0 radical (unpaired) electrons. The van der Waals surface area contributed by atoms with Gasteiger partial charge in [0.15, 0.2) is 23.0 Å². The van der Waals surface area contributed by atoms with Crippen LogP contribution in [0.4, 0.5) is 0 Å². The number of phosphoric acid groups is 1.